The number of para-hydroxylation sites is 1. The highest BCUT2D eigenvalue weighted by Gasteiger charge is 2.25. The van der Waals surface area contributed by atoms with Gasteiger partial charge >= 0.3 is 5.97 Å². The lowest BCUT2D eigenvalue weighted by Gasteiger charge is -2.22. The number of amides is 1. The number of aryl methyl sites for hydroxylation is 1. The van der Waals surface area contributed by atoms with Gasteiger partial charge in [0.15, 0.2) is 0 Å². The lowest BCUT2D eigenvalue weighted by Crippen LogP contribution is -2.21. The van der Waals surface area contributed by atoms with Crippen LogP contribution in [0.5, 0.6) is 23.0 Å². The van der Waals surface area contributed by atoms with E-state index in [1.807, 2.05) is 49.9 Å². The number of rotatable bonds is 14. The fourth-order valence-electron chi connectivity index (χ4n) is 5.08. The molecule has 1 atom stereocenters. The van der Waals surface area contributed by atoms with Crippen molar-refractivity contribution in [3.8, 4) is 23.0 Å². The Kier molecular flexibility index (Phi) is 14.7. The van der Waals surface area contributed by atoms with Crippen LogP contribution in [0.4, 0.5) is 0 Å². The fraction of sp³-hybridized carbons (Fsp3) is 0.459. The molecule has 0 aromatic heterocycles. The highest BCUT2D eigenvalue weighted by molar-refractivity contribution is 6.16. The fourth-order valence-corrected chi connectivity index (χ4v) is 5.16. The van der Waals surface area contributed by atoms with Crippen LogP contribution in [0.3, 0.4) is 0 Å². The lowest BCUT2D eigenvalue weighted by molar-refractivity contribution is -0.118. The summed E-state index contributed by atoms with van der Waals surface area (Å²) in [6.45, 7) is 12.1. The van der Waals surface area contributed by atoms with Crippen molar-refractivity contribution in [2.45, 2.75) is 84.8 Å². The third-order valence-corrected chi connectivity index (χ3v) is 7.82. The van der Waals surface area contributed by atoms with Crippen molar-refractivity contribution in [1.29, 1.82) is 0 Å². The van der Waals surface area contributed by atoms with Crippen molar-refractivity contribution >= 4 is 24.2 Å². The predicted molar refractivity (Wildman–Crippen MR) is 181 cm³/mol. The molecule has 9 heteroatoms. The second kappa shape index (κ2) is 18.4. The number of ether oxygens (including phenoxy) is 4. The number of hydrogen-bond donors (Lipinski definition) is 0. The Morgan fingerprint density at radius 3 is 2.28 bits per heavy atom. The Bertz CT molecular complexity index is 1400. The molecule has 1 aliphatic heterocycles. The smallest absolute Gasteiger partial charge is 0.360 e. The van der Waals surface area contributed by atoms with Gasteiger partial charge in [0, 0.05) is 25.6 Å². The summed E-state index contributed by atoms with van der Waals surface area (Å²) in [6.07, 6.45) is 6.19. The van der Waals surface area contributed by atoms with Gasteiger partial charge in [-0.2, -0.15) is 0 Å². The van der Waals surface area contributed by atoms with Gasteiger partial charge in [0.25, 0.3) is 0 Å². The summed E-state index contributed by atoms with van der Waals surface area (Å²) in [4.78, 5) is 25.3. The molecule has 1 amide bonds. The van der Waals surface area contributed by atoms with E-state index in [9.17, 15) is 9.59 Å². The molecule has 1 heterocycles. The van der Waals surface area contributed by atoms with Crippen molar-refractivity contribution in [2.75, 3.05) is 26.9 Å². The molecule has 46 heavy (non-hydrogen) atoms. The van der Waals surface area contributed by atoms with Gasteiger partial charge in [0.1, 0.15) is 40.4 Å². The first-order valence-electron chi connectivity index (χ1n) is 16.0. The van der Waals surface area contributed by atoms with E-state index in [2.05, 4.69) is 30.3 Å². The predicted octanol–water partition coefficient (Wildman–Crippen LogP) is 8.88. The summed E-state index contributed by atoms with van der Waals surface area (Å²) in [7, 11) is 1.71. The molecular weight excluding hydrogens is 606 g/mol. The normalized spacial score (nSPS) is 14.2. The van der Waals surface area contributed by atoms with E-state index in [-0.39, 0.29) is 17.2 Å². The van der Waals surface area contributed by atoms with Gasteiger partial charge < -0.3 is 28.1 Å². The number of hydrogen-bond acceptors (Lipinski definition) is 7. The zero-order valence-corrected chi connectivity index (χ0v) is 28.7. The number of methoxy groups -OCH3 is 1. The monoisotopic (exact) mass is 653 g/mol. The molecule has 250 valence electrons. The lowest BCUT2D eigenvalue weighted by atomic mass is 10.0. The summed E-state index contributed by atoms with van der Waals surface area (Å²) in [5.41, 5.74) is 3.53. The number of nitrogens with zero attached hydrogens (tertiary/aromatic N) is 1. The Labute approximate surface area is 279 Å². The van der Waals surface area contributed by atoms with Crippen molar-refractivity contribution in [3.63, 3.8) is 0 Å². The highest BCUT2D eigenvalue weighted by atomic mass is 35.5. The first kappa shape index (κ1) is 36.7. The number of carbonyl (C=O) groups is 2. The van der Waals surface area contributed by atoms with Crippen LogP contribution in [-0.2, 0) is 26.7 Å². The average molecular weight is 654 g/mol. The molecule has 0 aliphatic carbocycles. The average Bonchev–Trinajstić information content (AvgIpc) is 3.55. The van der Waals surface area contributed by atoms with E-state index in [0.717, 1.165) is 67.7 Å². The quantitative estimate of drug-likeness (QED) is 0.127. The molecule has 1 aliphatic rings. The standard InChI is InChI=1S/C32H36ClNO6.C5H12O/c1-3-10-25-29(14-7-15-30(25)39-31-13-6-5-11-26(31)32(36)40-33)38-20-9-19-37-28-17-16-24(21-23(28)4-2)27-12-8-18-34(27)22-35;1-5(2,3)6-4/h5-7,11,13-17,21-22,27H,3-4,8-10,12,18-20H2,1-2H3;1-4H3. The summed E-state index contributed by atoms with van der Waals surface area (Å²) in [6, 6.07) is 18.9. The van der Waals surface area contributed by atoms with E-state index in [4.69, 9.17) is 30.8 Å². The van der Waals surface area contributed by atoms with Crippen molar-refractivity contribution in [3.05, 3.63) is 82.9 Å². The van der Waals surface area contributed by atoms with Crippen LogP contribution >= 0.6 is 11.9 Å². The molecule has 8 nitrogen and oxygen atoms in total. The van der Waals surface area contributed by atoms with Crippen molar-refractivity contribution in [2.24, 2.45) is 0 Å². The second-order valence-electron chi connectivity index (χ2n) is 12.0. The Morgan fingerprint density at radius 1 is 0.957 bits per heavy atom. The zero-order chi connectivity index (χ0) is 33.5. The van der Waals surface area contributed by atoms with Gasteiger partial charge in [0.05, 0.1) is 24.9 Å². The van der Waals surface area contributed by atoms with E-state index >= 15 is 0 Å². The largest absolute Gasteiger partial charge is 0.493 e. The van der Waals surface area contributed by atoms with Crippen molar-refractivity contribution in [1.82, 2.24) is 4.90 Å². The van der Waals surface area contributed by atoms with Crippen LogP contribution in [0.15, 0.2) is 60.7 Å². The molecular formula is C37H48ClNO7. The molecule has 0 N–H and O–H groups in total. The van der Waals surface area contributed by atoms with Gasteiger partial charge in [-0.25, -0.2) is 4.79 Å². The van der Waals surface area contributed by atoms with Crippen LogP contribution in [0.25, 0.3) is 0 Å². The molecule has 4 rings (SSSR count). The molecule has 0 bridgehead atoms. The van der Waals surface area contributed by atoms with Crippen LogP contribution in [0.1, 0.15) is 93.4 Å². The molecule has 1 saturated heterocycles. The molecule has 3 aromatic rings. The number of likely N-dealkylation sites (tertiary alicyclic amines) is 1. The molecule has 0 saturated carbocycles. The Morgan fingerprint density at radius 2 is 1.63 bits per heavy atom. The van der Waals surface area contributed by atoms with Gasteiger partial charge in [-0.05, 0) is 87.9 Å². The van der Waals surface area contributed by atoms with Crippen LogP contribution in [-0.4, -0.2) is 49.7 Å². The molecule has 1 fully saturated rings. The van der Waals surface area contributed by atoms with E-state index in [1.165, 1.54) is 5.56 Å². The Hall–Kier alpha value is -3.75. The minimum Gasteiger partial charge on any atom is -0.493 e. The first-order valence-corrected chi connectivity index (χ1v) is 16.3. The van der Waals surface area contributed by atoms with Gasteiger partial charge in [-0.1, -0.05) is 50.6 Å². The molecule has 1 unspecified atom stereocenters. The zero-order valence-electron chi connectivity index (χ0n) is 28.0. The highest BCUT2D eigenvalue weighted by Crippen LogP contribution is 2.36. The first-order chi connectivity index (χ1) is 22.1. The van der Waals surface area contributed by atoms with E-state index < -0.39 is 5.97 Å². The topological polar surface area (TPSA) is 83.5 Å². The molecule has 0 radical (unpaired) electrons. The van der Waals surface area contributed by atoms with Gasteiger partial charge in [-0.3, -0.25) is 4.79 Å². The van der Waals surface area contributed by atoms with Gasteiger partial charge in [-0.15, -0.1) is 0 Å². The summed E-state index contributed by atoms with van der Waals surface area (Å²) < 4.78 is 27.7. The van der Waals surface area contributed by atoms with E-state index in [0.29, 0.717) is 31.1 Å². The summed E-state index contributed by atoms with van der Waals surface area (Å²) in [5, 5.41) is 0. The second-order valence-corrected chi connectivity index (χ2v) is 12.2. The summed E-state index contributed by atoms with van der Waals surface area (Å²) in [5.74, 6) is 1.92. The number of halogens is 1. The van der Waals surface area contributed by atoms with Crippen molar-refractivity contribution < 1.29 is 32.8 Å². The number of carbonyl (C=O) groups excluding carboxylic acids is 2. The molecule has 0 spiro atoms. The summed E-state index contributed by atoms with van der Waals surface area (Å²) >= 11 is 5.30. The van der Waals surface area contributed by atoms with Crippen LogP contribution in [0.2, 0.25) is 0 Å². The van der Waals surface area contributed by atoms with Gasteiger partial charge in [0.2, 0.25) is 6.41 Å². The minimum atomic E-state index is -0.677. The van der Waals surface area contributed by atoms with E-state index in [1.54, 1.807) is 31.4 Å². The minimum absolute atomic E-state index is 0.0417. The maximum atomic E-state index is 12.1. The Balaban J connectivity index is 0.000000875. The maximum absolute atomic E-state index is 12.1. The molecule has 3 aromatic carbocycles. The van der Waals surface area contributed by atoms with Crippen LogP contribution in [0, 0.1) is 0 Å². The van der Waals surface area contributed by atoms with Crippen LogP contribution < -0.4 is 14.2 Å². The third-order valence-electron chi connectivity index (χ3n) is 7.68. The number of benzene rings is 3. The SMILES string of the molecule is CCCc1c(OCCCOc2ccc(C3CCCN3C=O)cc2CC)cccc1Oc1ccccc1C(=O)OCl.COC(C)(C)C. The maximum Gasteiger partial charge on any atom is 0.360 e. The third kappa shape index (κ3) is 10.7.